The summed E-state index contributed by atoms with van der Waals surface area (Å²) in [6.07, 6.45) is 1.24. The maximum absolute atomic E-state index is 13.5. The van der Waals surface area contributed by atoms with E-state index in [9.17, 15) is 4.39 Å². The third-order valence-electron chi connectivity index (χ3n) is 3.96. The van der Waals surface area contributed by atoms with Crippen LogP contribution in [0.15, 0.2) is 18.2 Å². The number of hydrogen-bond donors (Lipinski definition) is 1. The number of likely N-dealkylation sites (N-methyl/N-ethyl adjacent to an activating group) is 1. The lowest BCUT2D eigenvalue weighted by Crippen LogP contribution is -2.37. The average molecular weight is 280 g/mol. The molecule has 1 saturated heterocycles. The zero-order valence-electron chi connectivity index (χ0n) is 12.8. The van der Waals surface area contributed by atoms with Gasteiger partial charge in [0.2, 0.25) is 0 Å². The van der Waals surface area contributed by atoms with E-state index in [0.29, 0.717) is 18.6 Å². The molecule has 2 unspecified atom stereocenters. The molecular formula is C16H25FN2O. The number of rotatable bonds is 5. The van der Waals surface area contributed by atoms with E-state index in [0.717, 1.165) is 24.3 Å². The number of hydrogen-bond acceptors (Lipinski definition) is 3. The Morgan fingerprint density at radius 3 is 2.80 bits per heavy atom. The van der Waals surface area contributed by atoms with Crippen LogP contribution in [0.2, 0.25) is 0 Å². The second kappa shape index (κ2) is 6.55. The van der Waals surface area contributed by atoms with Gasteiger partial charge >= 0.3 is 0 Å². The van der Waals surface area contributed by atoms with Crippen LogP contribution >= 0.6 is 0 Å². The van der Waals surface area contributed by atoms with Gasteiger partial charge in [0.15, 0.2) is 0 Å². The van der Waals surface area contributed by atoms with Crippen molar-refractivity contribution in [3.8, 4) is 0 Å². The van der Waals surface area contributed by atoms with Crippen molar-refractivity contribution >= 4 is 5.69 Å². The molecule has 0 aromatic heterocycles. The molecule has 1 aliphatic rings. The van der Waals surface area contributed by atoms with Crippen LogP contribution in [0, 0.1) is 5.82 Å². The molecule has 4 heteroatoms. The number of ether oxygens (including phenoxy) is 1. The Morgan fingerprint density at radius 2 is 2.20 bits per heavy atom. The van der Waals surface area contributed by atoms with Crippen molar-refractivity contribution in [2.24, 2.45) is 0 Å². The summed E-state index contributed by atoms with van der Waals surface area (Å²) in [5.74, 6) is -0.182. The lowest BCUT2D eigenvalue weighted by atomic mass is 10.1. The quantitative estimate of drug-likeness (QED) is 0.897. The van der Waals surface area contributed by atoms with Crippen LogP contribution < -0.4 is 10.2 Å². The molecule has 1 aromatic rings. The molecule has 1 aromatic carbocycles. The summed E-state index contributed by atoms with van der Waals surface area (Å²) in [4.78, 5) is 2.23. The first-order valence-electron chi connectivity index (χ1n) is 7.35. The Labute approximate surface area is 121 Å². The summed E-state index contributed by atoms with van der Waals surface area (Å²) in [7, 11) is 2.07. The minimum Gasteiger partial charge on any atom is -0.376 e. The highest BCUT2D eigenvalue weighted by Gasteiger charge is 2.29. The summed E-state index contributed by atoms with van der Waals surface area (Å²) in [6.45, 7) is 7.77. The fourth-order valence-electron chi connectivity index (χ4n) is 2.76. The molecular weight excluding hydrogens is 255 g/mol. The Balaban J connectivity index is 2.20. The predicted octanol–water partition coefficient (Wildman–Crippen LogP) is 2.94. The zero-order chi connectivity index (χ0) is 14.7. The fourth-order valence-corrected chi connectivity index (χ4v) is 2.76. The maximum Gasteiger partial charge on any atom is 0.123 e. The molecule has 1 aliphatic heterocycles. The van der Waals surface area contributed by atoms with Crippen LogP contribution in [0.4, 0.5) is 10.1 Å². The van der Waals surface area contributed by atoms with Gasteiger partial charge in [0.05, 0.1) is 12.1 Å². The average Bonchev–Trinajstić information content (AvgIpc) is 2.82. The Morgan fingerprint density at radius 1 is 1.45 bits per heavy atom. The van der Waals surface area contributed by atoms with Crippen molar-refractivity contribution in [2.45, 2.75) is 51.9 Å². The topological polar surface area (TPSA) is 24.5 Å². The Kier molecular flexibility index (Phi) is 5.00. The smallest absolute Gasteiger partial charge is 0.123 e. The maximum atomic E-state index is 13.5. The van der Waals surface area contributed by atoms with Gasteiger partial charge in [0.25, 0.3) is 0 Å². The van der Waals surface area contributed by atoms with Gasteiger partial charge in [0.1, 0.15) is 5.82 Å². The predicted molar refractivity (Wildman–Crippen MR) is 80.6 cm³/mol. The highest BCUT2D eigenvalue weighted by molar-refractivity contribution is 5.54. The molecule has 0 aliphatic carbocycles. The van der Waals surface area contributed by atoms with Gasteiger partial charge in [-0.3, -0.25) is 0 Å². The van der Waals surface area contributed by atoms with E-state index in [1.807, 2.05) is 6.07 Å². The van der Waals surface area contributed by atoms with E-state index in [4.69, 9.17) is 4.74 Å². The fraction of sp³-hybridized carbons (Fsp3) is 0.625. The molecule has 1 fully saturated rings. The van der Waals surface area contributed by atoms with Crippen LogP contribution in [0.25, 0.3) is 0 Å². The molecule has 0 spiro atoms. The van der Waals surface area contributed by atoms with Crippen molar-refractivity contribution in [1.29, 1.82) is 0 Å². The van der Waals surface area contributed by atoms with Crippen molar-refractivity contribution in [1.82, 2.24) is 5.32 Å². The van der Waals surface area contributed by atoms with Crippen LogP contribution in [0.3, 0.4) is 0 Å². The molecule has 3 nitrogen and oxygen atoms in total. The summed E-state index contributed by atoms with van der Waals surface area (Å²) in [5, 5.41) is 3.36. The van der Waals surface area contributed by atoms with Gasteiger partial charge in [-0.25, -0.2) is 4.39 Å². The van der Waals surface area contributed by atoms with Gasteiger partial charge < -0.3 is 15.0 Å². The van der Waals surface area contributed by atoms with E-state index in [2.05, 4.69) is 38.0 Å². The van der Waals surface area contributed by atoms with Gasteiger partial charge in [-0.1, -0.05) is 13.8 Å². The highest BCUT2D eigenvalue weighted by Crippen LogP contribution is 2.27. The molecule has 2 rings (SSSR count). The zero-order valence-corrected chi connectivity index (χ0v) is 12.8. The van der Waals surface area contributed by atoms with Gasteiger partial charge in [-0.2, -0.15) is 0 Å². The van der Waals surface area contributed by atoms with Crippen LogP contribution in [-0.2, 0) is 11.3 Å². The first kappa shape index (κ1) is 15.3. The number of halogens is 1. The minimum atomic E-state index is -0.182. The molecule has 0 bridgehead atoms. The van der Waals surface area contributed by atoms with Crippen LogP contribution in [-0.4, -0.2) is 31.8 Å². The van der Waals surface area contributed by atoms with Crippen molar-refractivity contribution < 1.29 is 9.13 Å². The lowest BCUT2D eigenvalue weighted by Gasteiger charge is -2.31. The Hall–Kier alpha value is -1.13. The van der Waals surface area contributed by atoms with E-state index >= 15 is 0 Å². The summed E-state index contributed by atoms with van der Waals surface area (Å²) < 4.78 is 19.2. The SMILES string of the molecule is CC(C)NCc1cc(F)ccc1N(C)C1CCOC1C. The normalized spacial score (nSPS) is 22.5. The van der Waals surface area contributed by atoms with Crippen molar-refractivity contribution in [3.63, 3.8) is 0 Å². The van der Waals surface area contributed by atoms with Gasteiger partial charge in [-0.15, -0.1) is 0 Å². The monoisotopic (exact) mass is 280 g/mol. The van der Waals surface area contributed by atoms with Crippen LogP contribution in [0.1, 0.15) is 32.8 Å². The minimum absolute atomic E-state index is 0.182. The van der Waals surface area contributed by atoms with E-state index in [-0.39, 0.29) is 11.9 Å². The van der Waals surface area contributed by atoms with Crippen molar-refractivity contribution in [3.05, 3.63) is 29.6 Å². The standard InChI is InChI=1S/C16H25FN2O/c1-11(2)18-10-13-9-14(17)5-6-16(13)19(4)15-7-8-20-12(15)3/h5-6,9,11-12,15,18H,7-8,10H2,1-4H3. The second-order valence-electron chi connectivity index (χ2n) is 5.85. The summed E-state index contributed by atoms with van der Waals surface area (Å²) in [5.41, 5.74) is 2.09. The van der Waals surface area contributed by atoms with E-state index < -0.39 is 0 Å². The number of nitrogens with one attached hydrogen (secondary N) is 1. The number of benzene rings is 1. The summed E-state index contributed by atoms with van der Waals surface area (Å²) in [6, 6.07) is 5.77. The molecule has 0 saturated carbocycles. The molecule has 0 amide bonds. The number of anilines is 1. The largest absolute Gasteiger partial charge is 0.376 e. The molecule has 112 valence electrons. The highest BCUT2D eigenvalue weighted by atomic mass is 19.1. The van der Waals surface area contributed by atoms with Crippen LogP contribution in [0.5, 0.6) is 0 Å². The van der Waals surface area contributed by atoms with Gasteiger partial charge in [0, 0.05) is 31.9 Å². The lowest BCUT2D eigenvalue weighted by molar-refractivity contribution is 0.118. The number of nitrogens with zero attached hydrogens (tertiary/aromatic N) is 1. The molecule has 1 heterocycles. The molecule has 0 radical (unpaired) electrons. The van der Waals surface area contributed by atoms with E-state index in [1.54, 1.807) is 6.07 Å². The molecule has 1 N–H and O–H groups in total. The first-order valence-corrected chi connectivity index (χ1v) is 7.35. The third kappa shape index (κ3) is 3.49. The second-order valence-corrected chi connectivity index (χ2v) is 5.85. The summed E-state index contributed by atoms with van der Waals surface area (Å²) >= 11 is 0. The third-order valence-corrected chi connectivity index (χ3v) is 3.96. The van der Waals surface area contributed by atoms with E-state index in [1.165, 1.54) is 6.07 Å². The Bertz CT molecular complexity index is 450. The first-order chi connectivity index (χ1) is 9.49. The molecule has 20 heavy (non-hydrogen) atoms. The van der Waals surface area contributed by atoms with Gasteiger partial charge in [-0.05, 0) is 37.1 Å². The van der Waals surface area contributed by atoms with Crippen molar-refractivity contribution in [2.75, 3.05) is 18.6 Å². The molecule has 2 atom stereocenters.